The minimum absolute atomic E-state index is 0.288. The summed E-state index contributed by atoms with van der Waals surface area (Å²) in [5.74, 6) is 0.635. The molecule has 142 valence electrons. The summed E-state index contributed by atoms with van der Waals surface area (Å²) >= 11 is 0. The van der Waals surface area contributed by atoms with Gasteiger partial charge in [0.2, 0.25) is 0 Å². The first-order chi connectivity index (χ1) is 13.0. The lowest BCUT2D eigenvalue weighted by Crippen LogP contribution is -2.47. The second kappa shape index (κ2) is 8.40. The van der Waals surface area contributed by atoms with E-state index in [4.69, 9.17) is 9.15 Å². The van der Waals surface area contributed by atoms with Gasteiger partial charge in [-0.15, -0.1) is 0 Å². The zero-order valence-electron chi connectivity index (χ0n) is 16.3. The van der Waals surface area contributed by atoms with Crippen molar-refractivity contribution in [3.63, 3.8) is 0 Å². The maximum Gasteiger partial charge on any atom is 0.338 e. The van der Waals surface area contributed by atoms with Crippen LogP contribution in [0.1, 0.15) is 43.3 Å². The van der Waals surface area contributed by atoms with Gasteiger partial charge in [0, 0.05) is 10.9 Å². The number of nitrogens with zero attached hydrogens (tertiary/aromatic N) is 1. The van der Waals surface area contributed by atoms with Crippen molar-refractivity contribution < 1.29 is 13.9 Å². The van der Waals surface area contributed by atoms with Gasteiger partial charge in [-0.1, -0.05) is 43.3 Å². The van der Waals surface area contributed by atoms with E-state index in [0.29, 0.717) is 18.7 Å². The molecule has 0 N–H and O–H groups in total. The number of esters is 1. The van der Waals surface area contributed by atoms with Gasteiger partial charge in [-0.05, 0) is 51.1 Å². The van der Waals surface area contributed by atoms with Gasteiger partial charge in [0.25, 0.3) is 0 Å². The summed E-state index contributed by atoms with van der Waals surface area (Å²) in [5.41, 5.74) is 1.17. The van der Waals surface area contributed by atoms with Crippen molar-refractivity contribution in [2.24, 2.45) is 0 Å². The quantitative estimate of drug-likeness (QED) is 0.509. The van der Waals surface area contributed by atoms with Crippen LogP contribution in [0.25, 0.3) is 11.0 Å². The van der Waals surface area contributed by atoms with Crippen molar-refractivity contribution >= 4 is 16.9 Å². The van der Waals surface area contributed by atoms with E-state index in [1.54, 1.807) is 12.1 Å². The third kappa shape index (κ3) is 4.77. The molecule has 3 rings (SSSR count). The molecular weight excluding hydrogens is 338 g/mol. The number of carbonyl (C=O) groups excluding carboxylic acids is 1. The highest BCUT2D eigenvalue weighted by atomic mass is 16.5. The van der Waals surface area contributed by atoms with E-state index in [0.717, 1.165) is 29.7 Å². The highest BCUT2D eigenvalue weighted by molar-refractivity contribution is 5.89. The lowest BCUT2D eigenvalue weighted by atomic mass is 10.0. The van der Waals surface area contributed by atoms with Crippen molar-refractivity contribution in [2.75, 3.05) is 13.2 Å². The van der Waals surface area contributed by atoms with Gasteiger partial charge in [0.1, 0.15) is 18.0 Å². The molecule has 0 radical (unpaired) electrons. The third-order valence-corrected chi connectivity index (χ3v) is 4.74. The molecule has 1 heterocycles. The molecule has 0 bridgehead atoms. The van der Waals surface area contributed by atoms with Crippen LogP contribution in [0.15, 0.2) is 65.1 Å². The first kappa shape index (κ1) is 19.2. The van der Waals surface area contributed by atoms with Gasteiger partial charge in [0.15, 0.2) is 0 Å². The molecule has 1 aromatic heterocycles. The molecule has 4 heteroatoms. The number of ether oxygens (including phenoxy) is 1. The number of hydrogen-bond acceptors (Lipinski definition) is 4. The topological polar surface area (TPSA) is 42.7 Å². The highest BCUT2D eigenvalue weighted by Gasteiger charge is 2.29. The van der Waals surface area contributed by atoms with E-state index in [1.165, 1.54) is 0 Å². The number of rotatable bonds is 8. The van der Waals surface area contributed by atoms with Crippen LogP contribution in [0.4, 0.5) is 0 Å². The van der Waals surface area contributed by atoms with Crippen LogP contribution in [0, 0.1) is 0 Å². The molecule has 0 spiro atoms. The van der Waals surface area contributed by atoms with Gasteiger partial charge < -0.3 is 9.15 Å². The van der Waals surface area contributed by atoms with Gasteiger partial charge in [-0.25, -0.2) is 4.79 Å². The Morgan fingerprint density at radius 3 is 2.48 bits per heavy atom. The second-order valence-electron chi connectivity index (χ2n) is 7.43. The van der Waals surface area contributed by atoms with Crippen molar-refractivity contribution in [2.45, 2.75) is 39.3 Å². The van der Waals surface area contributed by atoms with Crippen LogP contribution < -0.4 is 0 Å². The standard InChI is InChI=1S/C23H27NO3/c1-4-14-24(16-20-15-19-12-8-9-13-21(19)27-20)23(2,3)17-26-22(25)18-10-6-5-7-11-18/h5-13,15H,4,14,16-17H2,1-3H3. The smallest absolute Gasteiger partial charge is 0.338 e. The molecule has 0 atom stereocenters. The number of fused-ring (bicyclic) bond motifs is 1. The predicted molar refractivity (Wildman–Crippen MR) is 108 cm³/mol. The van der Waals surface area contributed by atoms with Crippen LogP contribution in [-0.2, 0) is 11.3 Å². The fraction of sp³-hybridized carbons (Fsp3) is 0.348. The van der Waals surface area contributed by atoms with Gasteiger partial charge in [0.05, 0.1) is 12.1 Å². The molecule has 0 saturated heterocycles. The van der Waals surface area contributed by atoms with E-state index >= 15 is 0 Å². The molecule has 0 aliphatic carbocycles. The number of furan rings is 1. The number of para-hydroxylation sites is 1. The second-order valence-corrected chi connectivity index (χ2v) is 7.43. The van der Waals surface area contributed by atoms with E-state index in [-0.39, 0.29) is 11.5 Å². The average molecular weight is 365 g/mol. The summed E-state index contributed by atoms with van der Waals surface area (Å²) in [7, 11) is 0. The van der Waals surface area contributed by atoms with Crippen LogP contribution in [0.3, 0.4) is 0 Å². The summed E-state index contributed by atoms with van der Waals surface area (Å²) in [6, 6.07) is 19.2. The van der Waals surface area contributed by atoms with Crippen molar-refractivity contribution in [3.8, 4) is 0 Å². The van der Waals surface area contributed by atoms with Crippen LogP contribution in [0.2, 0.25) is 0 Å². The first-order valence-electron chi connectivity index (χ1n) is 9.44. The zero-order chi connectivity index (χ0) is 19.3. The maximum atomic E-state index is 12.3. The molecular formula is C23H27NO3. The predicted octanol–water partition coefficient (Wildman–Crippen LogP) is 5.28. The summed E-state index contributed by atoms with van der Waals surface area (Å²) < 4.78 is 11.6. The SMILES string of the molecule is CCCN(Cc1cc2ccccc2o1)C(C)(C)COC(=O)c1ccccc1. The minimum Gasteiger partial charge on any atom is -0.460 e. The van der Waals surface area contributed by atoms with E-state index in [9.17, 15) is 4.79 Å². The van der Waals surface area contributed by atoms with Gasteiger partial charge in [-0.3, -0.25) is 4.90 Å². The summed E-state index contributed by atoms with van der Waals surface area (Å²) in [4.78, 5) is 14.6. The molecule has 0 amide bonds. The summed E-state index contributed by atoms with van der Waals surface area (Å²) in [6.45, 7) is 8.25. The molecule has 0 aliphatic rings. The monoisotopic (exact) mass is 365 g/mol. The van der Waals surface area contributed by atoms with Crippen LogP contribution >= 0.6 is 0 Å². The summed E-state index contributed by atoms with van der Waals surface area (Å²) in [5, 5.41) is 1.11. The number of hydrogen-bond donors (Lipinski definition) is 0. The van der Waals surface area contributed by atoms with Crippen molar-refractivity contribution in [1.29, 1.82) is 0 Å². The number of benzene rings is 2. The fourth-order valence-electron chi connectivity index (χ4n) is 3.16. The normalized spacial score (nSPS) is 11.9. The van der Waals surface area contributed by atoms with Crippen molar-refractivity contribution in [1.82, 2.24) is 4.90 Å². The Morgan fingerprint density at radius 1 is 1.07 bits per heavy atom. The molecule has 4 nitrogen and oxygen atoms in total. The molecule has 0 aliphatic heterocycles. The zero-order valence-corrected chi connectivity index (χ0v) is 16.3. The first-order valence-corrected chi connectivity index (χ1v) is 9.44. The van der Waals surface area contributed by atoms with E-state index in [2.05, 4.69) is 37.8 Å². The van der Waals surface area contributed by atoms with Crippen LogP contribution in [-0.4, -0.2) is 29.6 Å². The Bertz CT molecular complexity index is 850. The Labute approximate surface area is 160 Å². The molecule has 0 fully saturated rings. The lowest BCUT2D eigenvalue weighted by molar-refractivity contribution is 0.00807. The Balaban J connectivity index is 1.69. The largest absolute Gasteiger partial charge is 0.460 e. The fourth-order valence-corrected chi connectivity index (χ4v) is 3.16. The van der Waals surface area contributed by atoms with E-state index < -0.39 is 0 Å². The van der Waals surface area contributed by atoms with E-state index in [1.807, 2.05) is 36.4 Å². The Hall–Kier alpha value is -2.59. The average Bonchev–Trinajstić information content (AvgIpc) is 3.09. The van der Waals surface area contributed by atoms with Crippen LogP contribution in [0.5, 0.6) is 0 Å². The molecule has 2 aromatic carbocycles. The Kier molecular flexibility index (Phi) is 5.97. The summed E-state index contributed by atoms with van der Waals surface area (Å²) in [6.07, 6.45) is 1.01. The Morgan fingerprint density at radius 2 is 1.78 bits per heavy atom. The maximum absolute atomic E-state index is 12.3. The number of carbonyl (C=O) groups is 1. The lowest BCUT2D eigenvalue weighted by Gasteiger charge is -2.37. The van der Waals surface area contributed by atoms with Gasteiger partial charge in [-0.2, -0.15) is 0 Å². The minimum atomic E-state index is -0.306. The highest BCUT2D eigenvalue weighted by Crippen LogP contribution is 2.24. The van der Waals surface area contributed by atoms with Gasteiger partial charge >= 0.3 is 5.97 Å². The molecule has 3 aromatic rings. The van der Waals surface area contributed by atoms with Crippen molar-refractivity contribution in [3.05, 3.63) is 72.0 Å². The molecule has 0 saturated carbocycles. The third-order valence-electron chi connectivity index (χ3n) is 4.74. The molecule has 27 heavy (non-hydrogen) atoms. The molecule has 0 unspecified atom stereocenters.